The van der Waals surface area contributed by atoms with Crippen LogP contribution >= 0.6 is 0 Å². The molecule has 0 spiro atoms. The van der Waals surface area contributed by atoms with Gasteiger partial charge >= 0.3 is 5.97 Å². The van der Waals surface area contributed by atoms with Crippen LogP contribution in [0.2, 0.25) is 0 Å². The number of hydrogen-bond acceptors (Lipinski definition) is 8. The summed E-state index contributed by atoms with van der Waals surface area (Å²) < 4.78 is 11.1. The second kappa shape index (κ2) is 17.1. The average molecular weight is 489 g/mol. The van der Waals surface area contributed by atoms with Crippen molar-refractivity contribution < 1.29 is 39.7 Å². The Kier molecular flexibility index (Phi) is 15.5. The van der Waals surface area contributed by atoms with E-state index in [1.165, 1.54) is 57.8 Å². The maximum Gasteiger partial charge on any atom is 0.378 e. The van der Waals surface area contributed by atoms with Crippen molar-refractivity contribution >= 4 is 5.97 Å². The summed E-state index contributed by atoms with van der Waals surface area (Å²) in [6.07, 6.45) is 13.1. The second-order valence-electron chi connectivity index (χ2n) is 9.93. The van der Waals surface area contributed by atoms with Gasteiger partial charge in [-0.2, -0.15) is 0 Å². The number of hydrogen-bond donors (Lipinski definition) is 4. The lowest BCUT2D eigenvalue weighted by molar-refractivity contribution is -0.241. The molecule has 1 aliphatic heterocycles. The summed E-state index contributed by atoms with van der Waals surface area (Å²) in [5, 5.41) is 39.1. The van der Waals surface area contributed by atoms with E-state index >= 15 is 0 Å². The van der Waals surface area contributed by atoms with Gasteiger partial charge < -0.3 is 29.7 Å². The Morgan fingerprint density at radius 3 is 1.85 bits per heavy atom. The minimum Gasteiger partial charge on any atom is -0.478 e. The minimum atomic E-state index is -1.74. The third kappa shape index (κ3) is 9.72. The Bertz CT molecular complexity index is 591. The Morgan fingerprint density at radius 2 is 1.41 bits per heavy atom. The zero-order valence-electron chi connectivity index (χ0n) is 21.5. The van der Waals surface area contributed by atoms with E-state index < -0.39 is 30.4 Å². The van der Waals surface area contributed by atoms with Gasteiger partial charge in [-0.1, -0.05) is 91.4 Å². The molecule has 1 rings (SSSR count). The molecular formula is C26H48O8. The van der Waals surface area contributed by atoms with Crippen molar-refractivity contribution in [1.29, 1.82) is 0 Å². The van der Waals surface area contributed by atoms with Crippen LogP contribution in [-0.2, 0) is 19.2 Å². The molecule has 1 unspecified atom stereocenters. The molecule has 0 saturated heterocycles. The number of rotatable bonds is 21. The highest BCUT2D eigenvalue weighted by Crippen LogP contribution is 2.41. The molecule has 0 aromatic rings. The summed E-state index contributed by atoms with van der Waals surface area (Å²) in [7, 11) is 0. The number of esters is 1. The van der Waals surface area contributed by atoms with Gasteiger partial charge in [-0.05, 0) is 25.2 Å². The summed E-state index contributed by atoms with van der Waals surface area (Å²) >= 11 is 0. The number of unbranched alkanes of at least 4 members (excludes halogenated alkanes) is 11. The molecule has 0 amide bonds. The molecule has 0 bridgehead atoms. The van der Waals surface area contributed by atoms with Crippen molar-refractivity contribution in [2.24, 2.45) is 5.92 Å². The van der Waals surface area contributed by atoms with E-state index in [0.29, 0.717) is 6.42 Å². The van der Waals surface area contributed by atoms with Gasteiger partial charge in [-0.3, -0.25) is 0 Å². The van der Waals surface area contributed by atoms with E-state index in [1.807, 2.05) is 13.8 Å². The van der Waals surface area contributed by atoms with Crippen molar-refractivity contribution in [1.82, 2.24) is 0 Å². The number of ether oxygens (including phenoxy) is 2. The molecule has 0 aromatic heterocycles. The highest BCUT2D eigenvalue weighted by molar-refractivity contribution is 5.90. The van der Waals surface area contributed by atoms with E-state index in [-0.39, 0.29) is 30.5 Å². The third-order valence-electron chi connectivity index (χ3n) is 6.43. The molecule has 0 fully saturated rings. The van der Waals surface area contributed by atoms with Crippen LogP contribution in [0.15, 0.2) is 11.5 Å². The standard InChI is InChI=1S/C26H48O8/c1-4-5-6-7-8-9-10-11-12-13-14-15-16-21(18-27)32-23-24(34-31)26(17-20(2)3,22(29)19-28)33-25(23)30/h20-22,27-29,31H,4-19H2,1-3H3/t21?,22-,26+/m0/s1. The minimum absolute atomic E-state index is 0.0480. The number of carbonyl (C=O) groups excluding carboxylic acids is 1. The Labute approximate surface area is 205 Å². The van der Waals surface area contributed by atoms with Crippen molar-refractivity contribution in [3.05, 3.63) is 11.5 Å². The van der Waals surface area contributed by atoms with Crippen LogP contribution in [0.5, 0.6) is 0 Å². The quantitative estimate of drug-likeness (QED) is 0.0782. The second-order valence-corrected chi connectivity index (χ2v) is 9.93. The topological polar surface area (TPSA) is 126 Å². The molecule has 34 heavy (non-hydrogen) atoms. The van der Waals surface area contributed by atoms with E-state index in [2.05, 4.69) is 11.8 Å². The van der Waals surface area contributed by atoms with Crippen LogP contribution < -0.4 is 0 Å². The first-order chi connectivity index (χ1) is 16.4. The van der Waals surface area contributed by atoms with E-state index in [1.54, 1.807) is 0 Å². The zero-order valence-corrected chi connectivity index (χ0v) is 21.5. The predicted octanol–water partition coefficient (Wildman–Crippen LogP) is 4.85. The summed E-state index contributed by atoms with van der Waals surface area (Å²) in [6, 6.07) is 0. The van der Waals surface area contributed by atoms with Gasteiger partial charge in [-0.25, -0.2) is 10.1 Å². The first kappa shape index (κ1) is 30.7. The molecule has 0 radical (unpaired) electrons. The molecule has 8 heteroatoms. The first-order valence-corrected chi connectivity index (χ1v) is 13.2. The summed E-state index contributed by atoms with van der Waals surface area (Å²) in [5.74, 6) is -1.67. The van der Waals surface area contributed by atoms with Crippen molar-refractivity contribution in [3.63, 3.8) is 0 Å². The van der Waals surface area contributed by atoms with Gasteiger partial charge in [0.2, 0.25) is 11.4 Å². The van der Waals surface area contributed by atoms with Crippen LogP contribution in [0.3, 0.4) is 0 Å². The Balaban J connectivity index is 2.49. The van der Waals surface area contributed by atoms with Crippen LogP contribution in [0.4, 0.5) is 0 Å². The van der Waals surface area contributed by atoms with Crippen LogP contribution in [-0.4, -0.2) is 57.6 Å². The maximum absolute atomic E-state index is 12.5. The SMILES string of the molecule is CCCCCCCCCCCCCCC(CO)OC1=C(OO)[C@@](CC(C)C)([C@@H](O)CO)OC1=O. The third-order valence-corrected chi connectivity index (χ3v) is 6.43. The fourth-order valence-corrected chi connectivity index (χ4v) is 4.57. The number of aliphatic hydroxyl groups is 3. The Hall–Kier alpha value is -1.35. The zero-order chi connectivity index (χ0) is 25.4. The summed E-state index contributed by atoms with van der Waals surface area (Å²) in [5.41, 5.74) is -1.74. The van der Waals surface area contributed by atoms with Gasteiger partial charge in [0.05, 0.1) is 13.2 Å². The number of aliphatic hydroxyl groups excluding tert-OH is 3. The van der Waals surface area contributed by atoms with Gasteiger partial charge in [0.25, 0.3) is 5.76 Å². The summed E-state index contributed by atoms with van der Waals surface area (Å²) in [4.78, 5) is 17.0. The molecule has 8 nitrogen and oxygen atoms in total. The highest BCUT2D eigenvalue weighted by Gasteiger charge is 2.57. The molecule has 200 valence electrons. The molecule has 0 aromatic carbocycles. The van der Waals surface area contributed by atoms with Crippen LogP contribution in [0, 0.1) is 5.92 Å². The fourth-order valence-electron chi connectivity index (χ4n) is 4.57. The monoisotopic (exact) mass is 488 g/mol. The first-order valence-electron chi connectivity index (χ1n) is 13.2. The maximum atomic E-state index is 12.5. The lowest BCUT2D eigenvalue weighted by Crippen LogP contribution is -2.48. The smallest absolute Gasteiger partial charge is 0.378 e. The average Bonchev–Trinajstić information content (AvgIpc) is 3.08. The molecule has 1 aliphatic rings. The van der Waals surface area contributed by atoms with Crippen LogP contribution in [0.1, 0.15) is 111 Å². The van der Waals surface area contributed by atoms with Crippen molar-refractivity contribution in [2.75, 3.05) is 13.2 Å². The lowest BCUT2D eigenvalue weighted by Gasteiger charge is -2.33. The van der Waals surface area contributed by atoms with Crippen molar-refractivity contribution in [2.45, 2.75) is 128 Å². The molecule has 3 atom stereocenters. The van der Waals surface area contributed by atoms with Gasteiger partial charge in [-0.15, -0.1) is 0 Å². The Morgan fingerprint density at radius 1 is 0.882 bits per heavy atom. The largest absolute Gasteiger partial charge is 0.478 e. The lowest BCUT2D eigenvalue weighted by atomic mass is 9.86. The van der Waals surface area contributed by atoms with E-state index in [0.717, 1.165) is 19.3 Å². The van der Waals surface area contributed by atoms with E-state index in [9.17, 15) is 25.4 Å². The molecule has 4 N–H and O–H groups in total. The predicted molar refractivity (Wildman–Crippen MR) is 130 cm³/mol. The molecule has 1 heterocycles. The van der Waals surface area contributed by atoms with Crippen LogP contribution in [0.25, 0.3) is 0 Å². The molecule has 0 aliphatic carbocycles. The summed E-state index contributed by atoms with van der Waals surface area (Å²) in [6.45, 7) is 4.92. The molecular weight excluding hydrogens is 440 g/mol. The van der Waals surface area contributed by atoms with Gasteiger partial charge in [0, 0.05) is 0 Å². The normalized spacial score (nSPS) is 20.1. The highest BCUT2D eigenvalue weighted by atomic mass is 17.1. The fraction of sp³-hybridized carbons (Fsp3) is 0.885. The van der Waals surface area contributed by atoms with E-state index in [4.69, 9.17) is 9.47 Å². The molecule has 0 saturated carbocycles. The van der Waals surface area contributed by atoms with Gasteiger partial charge in [0.1, 0.15) is 12.2 Å². The number of cyclic esters (lactones) is 1. The number of carbonyl (C=O) groups is 1. The van der Waals surface area contributed by atoms with Crippen molar-refractivity contribution in [3.8, 4) is 0 Å². The van der Waals surface area contributed by atoms with Gasteiger partial charge in [0.15, 0.2) is 0 Å².